The van der Waals surface area contributed by atoms with Gasteiger partial charge in [-0.05, 0) is 166 Å². The van der Waals surface area contributed by atoms with Gasteiger partial charge in [0.15, 0.2) is 0 Å². The van der Waals surface area contributed by atoms with Crippen molar-refractivity contribution in [1.82, 2.24) is 18.3 Å². The molecule has 0 amide bonds. The highest BCUT2D eigenvalue weighted by atomic mass is 15.0. The molecule has 0 aliphatic carbocycles. The van der Waals surface area contributed by atoms with Crippen LogP contribution in [0.4, 0.5) is 0 Å². The zero-order chi connectivity index (χ0) is 45.6. The Morgan fingerprint density at radius 2 is 0.368 bits per heavy atom. The first kappa shape index (κ1) is 41.2. The lowest BCUT2D eigenvalue weighted by Gasteiger charge is -2.07. The van der Waals surface area contributed by atoms with Gasteiger partial charge >= 0.3 is 0 Å². The molecular weight excluding hydrogens is 825 g/mol. The summed E-state index contributed by atoms with van der Waals surface area (Å²) in [5, 5.41) is 20.7. The SMILES string of the molecule is CCCCn1c2ccc3cc2c2cc(ccc21)c1ccc2c(c1)c1cc(ccc1n2CCCC)c1ccc2c(c1)c1cc(ccc1n2CCCC)c1ccc2c(c1)c1cc3ccc1n2CCCC. The van der Waals surface area contributed by atoms with E-state index in [9.17, 15) is 0 Å². The average Bonchev–Trinajstić information content (AvgIpc) is 4.08. The Morgan fingerprint density at radius 3 is 0.500 bits per heavy atom. The maximum absolute atomic E-state index is 2.57. The smallest absolute Gasteiger partial charge is 0.0491 e. The van der Waals surface area contributed by atoms with Gasteiger partial charge in [-0.1, -0.05) is 102 Å². The fourth-order valence-corrected chi connectivity index (χ4v) is 12.1. The van der Waals surface area contributed by atoms with Crippen molar-refractivity contribution >= 4 is 130 Å². The fourth-order valence-electron chi connectivity index (χ4n) is 12.1. The lowest BCUT2D eigenvalue weighted by atomic mass is 10.0. The first-order valence-corrected chi connectivity index (χ1v) is 25.8. The molecule has 4 aromatic heterocycles. The molecule has 0 unspecified atom stereocenters. The third kappa shape index (κ3) is 6.33. The summed E-state index contributed by atoms with van der Waals surface area (Å²) >= 11 is 0. The highest BCUT2D eigenvalue weighted by Gasteiger charge is 2.17. The van der Waals surface area contributed by atoms with Gasteiger partial charge in [0, 0.05) is 113 Å². The van der Waals surface area contributed by atoms with Crippen LogP contribution in [0.15, 0.2) is 146 Å². The average molecular weight is 885 g/mol. The molecule has 0 spiro atoms. The molecule has 336 valence electrons. The van der Waals surface area contributed by atoms with Crippen LogP contribution in [0.1, 0.15) is 79.1 Å². The lowest BCUT2D eigenvalue weighted by Crippen LogP contribution is -1.97. The number of nitrogens with zero attached hydrogens (tertiary/aromatic N) is 4. The molecule has 0 aliphatic heterocycles. The third-order valence-corrected chi connectivity index (χ3v) is 15.7. The van der Waals surface area contributed by atoms with E-state index in [1.807, 2.05) is 0 Å². The molecule has 0 N–H and O–H groups in total. The predicted molar refractivity (Wildman–Crippen MR) is 297 cm³/mol. The molecule has 13 rings (SSSR count). The predicted octanol–water partition coefficient (Wildman–Crippen LogP) is 18.5. The van der Waals surface area contributed by atoms with Crippen LogP contribution < -0.4 is 0 Å². The summed E-state index contributed by atoms with van der Waals surface area (Å²) in [5.41, 5.74) is 10.5. The van der Waals surface area contributed by atoms with Crippen LogP contribution in [0.3, 0.4) is 0 Å². The molecule has 4 nitrogen and oxygen atoms in total. The van der Waals surface area contributed by atoms with E-state index in [2.05, 4.69) is 192 Å². The van der Waals surface area contributed by atoms with E-state index < -0.39 is 0 Å². The standard InChI is InChI=1S/C64H60N4/c1-5-9-29-65-57-21-13-41-33-49(57)50-34-42(14-22-58(50)65)44-16-24-60-52(36-44)54-38-46(18-26-62(54)67(60)31-11-7-3)48-20-28-64-56(40-48)55-39-47(19-27-63(55)68(64)32-12-8-4)45-17-25-61-53(37-45)51-35-43(41)15-23-59(51)66(61)30-10-6-2/h13-28,33-40H,5-12,29-32H2,1-4H3. The molecular formula is C64H60N4. The van der Waals surface area contributed by atoms with Gasteiger partial charge in [0.2, 0.25) is 0 Å². The minimum absolute atomic E-state index is 1.01. The van der Waals surface area contributed by atoms with Crippen molar-refractivity contribution in [2.45, 2.75) is 105 Å². The molecule has 9 aromatic carbocycles. The molecule has 0 saturated carbocycles. The van der Waals surface area contributed by atoms with E-state index in [1.54, 1.807) is 0 Å². The number of unbranched alkanes of at least 4 members (excludes halogenated alkanes) is 4. The molecule has 0 saturated heterocycles. The van der Waals surface area contributed by atoms with E-state index in [4.69, 9.17) is 0 Å². The second-order valence-electron chi connectivity index (χ2n) is 19.9. The van der Waals surface area contributed by atoms with E-state index in [0.29, 0.717) is 0 Å². The summed E-state index contributed by atoms with van der Waals surface area (Å²) < 4.78 is 10.3. The molecule has 4 heterocycles. The van der Waals surface area contributed by atoms with Gasteiger partial charge in [-0.15, -0.1) is 0 Å². The first-order chi connectivity index (χ1) is 33.5. The molecule has 0 fully saturated rings. The number of rotatable bonds is 12. The largest absolute Gasteiger partial charge is 0.340 e. The topological polar surface area (TPSA) is 19.7 Å². The number of hydrogen-bond donors (Lipinski definition) is 0. The Kier molecular flexibility index (Phi) is 9.89. The van der Waals surface area contributed by atoms with E-state index in [0.717, 1.165) is 77.5 Å². The van der Waals surface area contributed by atoms with E-state index in [1.165, 1.54) is 130 Å². The Balaban J connectivity index is 1.18. The molecule has 0 aliphatic rings. The zero-order valence-corrected chi connectivity index (χ0v) is 40.1. The molecule has 68 heavy (non-hydrogen) atoms. The van der Waals surface area contributed by atoms with Crippen LogP contribution in [-0.4, -0.2) is 18.3 Å². The van der Waals surface area contributed by atoms with Crippen LogP contribution in [0.5, 0.6) is 0 Å². The fraction of sp³-hybridized carbons (Fsp3) is 0.250. The summed E-state index contributed by atoms with van der Waals surface area (Å²) in [6.07, 6.45) is 9.25. The zero-order valence-electron chi connectivity index (χ0n) is 40.1. The van der Waals surface area contributed by atoms with Gasteiger partial charge < -0.3 is 18.3 Å². The highest BCUT2D eigenvalue weighted by Crippen LogP contribution is 2.40. The lowest BCUT2D eigenvalue weighted by molar-refractivity contribution is 0.665. The number of aromatic nitrogens is 4. The second-order valence-corrected chi connectivity index (χ2v) is 19.9. The van der Waals surface area contributed by atoms with Gasteiger partial charge in [0.25, 0.3) is 0 Å². The van der Waals surface area contributed by atoms with Crippen molar-refractivity contribution in [2.24, 2.45) is 0 Å². The summed E-state index contributed by atoms with van der Waals surface area (Å²) in [5.74, 6) is 0. The monoisotopic (exact) mass is 884 g/mol. The minimum atomic E-state index is 1.01. The van der Waals surface area contributed by atoms with E-state index in [-0.39, 0.29) is 0 Å². The van der Waals surface area contributed by atoms with Crippen molar-refractivity contribution in [3.63, 3.8) is 0 Å². The van der Waals surface area contributed by atoms with Crippen molar-refractivity contribution in [3.8, 4) is 0 Å². The van der Waals surface area contributed by atoms with Crippen molar-refractivity contribution in [3.05, 3.63) is 146 Å². The van der Waals surface area contributed by atoms with Crippen LogP contribution in [0, 0.1) is 0 Å². The van der Waals surface area contributed by atoms with Crippen molar-refractivity contribution in [1.29, 1.82) is 0 Å². The van der Waals surface area contributed by atoms with Crippen LogP contribution >= 0.6 is 0 Å². The highest BCUT2D eigenvalue weighted by molar-refractivity contribution is 6.19. The van der Waals surface area contributed by atoms with Gasteiger partial charge in [0.1, 0.15) is 0 Å². The molecule has 4 heteroatoms. The van der Waals surface area contributed by atoms with Gasteiger partial charge in [-0.2, -0.15) is 0 Å². The maximum atomic E-state index is 2.57. The first-order valence-electron chi connectivity index (χ1n) is 25.8. The Morgan fingerprint density at radius 1 is 0.221 bits per heavy atom. The Labute approximate surface area is 397 Å². The summed E-state index contributed by atoms with van der Waals surface area (Å²) in [4.78, 5) is 0. The van der Waals surface area contributed by atoms with Crippen LogP contribution in [-0.2, 0) is 26.2 Å². The van der Waals surface area contributed by atoms with Crippen LogP contribution in [0.2, 0.25) is 0 Å². The van der Waals surface area contributed by atoms with Crippen molar-refractivity contribution in [2.75, 3.05) is 0 Å². The quantitative estimate of drug-likeness (QED) is 0.116. The molecule has 0 radical (unpaired) electrons. The number of aryl methyl sites for hydroxylation is 4. The van der Waals surface area contributed by atoms with Gasteiger partial charge in [0.05, 0.1) is 0 Å². The Bertz CT molecular complexity index is 3410. The normalized spacial score (nSPS) is 12.5. The molecule has 0 atom stereocenters. The minimum Gasteiger partial charge on any atom is -0.340 e. The number of benzene rings is 8. The second kappa shape index (κ2) is 16.3. The third-order valence-electron chi connectivity index (χ3n) is 15.7. The summed E-state index contributed by atoms with van der Waals surface area (Å²) in [6, 6.07) is 57.9. The van der Waals surface area contributed by atoms with Gasteiger partial charge in [-0.25, -0.2) is 0 Å². The van der Waals surface area contributed by atoms with E-state index >= 15 is 0 Å². The van der Waals surface area contributed by atoms with Crippen molar-refractivity contribution < 1.29 is 0 Å². The number of hydrogen-bond acceptors (Lipinski definition) is 0. The molecule has 16 bridgehead atoms. The Hall–Kier alpha value is -7.04. The summed E-state index contributed by atoms with van der Waals surface area (Å²) in [6.45, 7) is 13.2. The maximum Gasteiger partial charge on any atom is 0.0491 e. The van der Waals surface area contributed by atoms with Crippen LogP contribution in [0.25, 0.3) is 130 Å². The molecule has 13 aromatic rings. The van der Waals surface area contributed by atoms with Gasteiger partial charge in [-0.3, -0.25) is 0 Å². The number of fused-ring (bicyclic) bond motifs is 12. The summed E-state index contributed by atoms with van der Waals surface area (Å²) in [7, 11) is 0.